The molecule has 0 saturated heterocycles. The predicted octanol–water partition coefficient (Wildman–Crippen LogP) is 4.08. The summed E-state index contributed by atoms with van der Waals surface area (Å²) in [4.78, 5) is 22.7. The number of esters is 1. The van der Waals surface area contributed by atoms with E-state index in [1.807, 2.05) is 55.4 Å². The van der Waals surface area contributed by atoms with Crippen molar-refractivity contribution < 1.29 is 19.3 Å². The van der Waals surface area contributed by atoms with E-state index < -0.39 is 16.8 Å². The van der Waals surface area contributed by atoms with Crippen LogP contribution < -0.4 is 0 Å². The Morgan fingerprint density at radius 3 is 1.47 bits per heavy atom. The van der Waals surface area contributed by atoms with Crippen LogP contribution in [0.25, 0.3) is 0 Å². The van der Waals surface area contributed by atoms with Gasteiger partial charge in [-0.2, -0.15) is 4.89 Å². The molecule has 4 nitrogen and oxygen atoms in total. The third-order valence-corrected chi connectivity index (χ3v) is 3.22. The number of ether oxygens (including phenoxy) is 1. The van der Waals surface area contributed by atoms with Crippen molar-refractivity contribution in [3.63, 3.8) is 0 Å². The fourth-order valence-electron chi connectivity index (χ4n) is 0.899. The third kappa shape index (κ3) is 5.91. The summed E-state index contributed by atoms with van der Waals surface area (Å²) in [6.45, 7) is 18.7. The quantitative estimate of drug-likeness (QED) is 0.335. The summed E-state index contributed by atoms with van der Waals surface area (Å²) in [6, 6.07) is 0. The van der Waals surface area contributed by atoms with Crippen LogP contribution in [0.5, 0.6) is 0 Å². The average molecular weight is 274 g/mol. The standard InChI is InChI=1S/C15H30O4/c1-12(2,3)14(7,8)11(16)17-15(9,10)19-18-13(4,5)6/h1-10H3. The van der Waals surface area contributed by atoms with Crippen molar-refractivity contribution in [1.29, 1.82) is 0 Å². The van der Waals surface area contributed by atoms with Crippen LogP contribution in [0.3, 0.4) is 0 Å². The van der Waals surface area contributed by atoms with Crippen LogP contribution in [-0.4, -0.2) is 17.4 Å². The minimum Gasteiger partial charge on any atom is -0.431 e. The van der Waals surface area contributed by atoms with E-state index in [4.69, 9.17) is 14.5 Å². The van der Waals surface area contributed by atoms with Crippen LogP contribution in [0.2, 0.25) is 0 Å². The lowest BCUT2D eigenvalue weighted by atomic mass is 9.69. The zero-order valence-corrected chi connectivity index (χ0v) is 14.1. The lowest BCUT2D eigenvalue weighted by molar-refractivity contribution is -0.442. The summed E-state index contributed by atoms with van der Waals surface area (Å²) < 4.78 is 5.44. The molecule has 0 aliphatic carbocycles. The highest BCUT2D eigenvalue weighted by Crippen LogP contribution is 2.40. The van der Waals surface area contributed by atoms with Gasteiger partial charge in [0.15, 0.2) is 0 Å². The van der Waals surface area contributed by atoms with Crippen LogP contribution in [0.1, 0.15) is 69.2 Å². The second-order valence-corrected chi connectivity index (χ2v) is 7.94. The van der Waals surface area contributed by atoms with Crippen molar-refractivity contribution in [2.75, 3.05) is 0 Å². The zero-order chi connectivity index (χ0) is 15.7. The molecule has 19 heavy (non-hydrogen) atoms. The molecule has 4 heteroatoms. The molecule has 0 aromatic rings. The molecule has 0 saturated carbocycles. The van der Waals surface area contributed by atoms with Gasteiger partial charge in [-0.1, -0.05) is 20.8 Å². The summed E-state index contributed by atoms with van der Waals surface area (Å²) in [7, 11) is 0. The SMILES string of the molecule is CC(C)(C)OOC(C)(C)OC(=O)C(C)(C)C(C)(C)C. The van der Waals surface area contributed by atoms with Gasteiger partial charge in [-0.3, -0.25) is 4.79 Å². The zero-order valence-electron chi connectivity index (χ0n) is 14.1. The van der Waals surface area contributed by atoms with Gasteiger partial charge in [0.25, 0.3) is 0 Å². The Morgan fingerprint density at radius 1 is 0.737 bits per heavy atom. The number of rotatable bonds is 4. The van der Waals surface area contributed by atoms with Crippen LogP contribution >= 0.6 is 0 Å². The largest absolute Gasteiger partial charge is 0.431 e. The number of carbonyl (C=O) groups excluding carboxylic acids is 1. The molecule has 0 spiro atoms. The Morgan fingerprint density at radius 2 is 1.16 bits per heavy atom. The molecule has 0 aliphatic heterocycles. The Kier molecular flexibility index (Phi) is 5.23. The fourth-order valence-corrected chi connectivity index (χ4v) is 0.899. The molecule has 0 aromatic heterocycles. The molecular weight excluding hydrogens is 244 g/mol. The average Bonchev–Trinajstić information content (AvgIpc) is 2.11. The Bertz CT molecular complexity index is 316. The summed E-state index contributed by atoms with van der Waals surface area (Å²) in [5, 5.41) is 0. The van der Waals surface area contributed by atoms with Gasteiger partial charge in [0.1, 0.15) is 0 Å². The van der Waals surface area contributed by atoms with Crippen molar-refractivity contribution in [3.05, 3.63) is 0 Å². The second-order valence-electron chi connectivity index (χ2n) is 7.94. The number of hydrogen-bond donors (Lipinski definition) is 0. The maximum atomic E-state index is 12.3. The maximum Gasteiger partial charge on any atom is 0.314 e. The van der Waals surface area contributed by atoms with Crippen LogP contribution in [0.15, 0.2) is 0 Å². The lowest BCUT2D eigenvalue weighted by Gasteiger charge is -2.38. The van der Waals surface area contributed by atoms with Crippen molar-refractivity contribution in [2.24, 2.45) is 10.8 Å². The number of hydrogen-bond acceptors (Lipinski definition) is 4. The molecular formula is C15H30O4. The van der Waals surface area contributed by atoms with Crippen molar-refractivity contribution >= 4 is 5.97 Å². The molecule has 0 N–H and O–H groups in total. The van der Waals surface area contributed by atoms with E-state index in [1.165, 1.54) is 0 Å². The topological polar surface area (TPSA) is 44.8 Å². The monoisotopic (exact) mass is 274 g/mol. The van der Waals surface area contributed by atoms with Crippen LogP contribution in [0, 0.1) is 10.8 Å². The first-order chi connectivity index (χ1) is 8.08. The van der Waals surface area contributed by atoms with Gasteiger partial charge in [0, 0.05) is 13.8 Å². The van der Waals surface area contributed by atoms with Gasteiger partial charge < -0.3 is 4.74 Å². The third-order valence-electron chi connectivity index (χ3n) is 3.22. The molecule has 0 fully saturated rings. The van der Waals surface area contributed by atoms with E-state index in [9.17, 15) is 4.79 Å². The van der Waals surface area contributed by atoms with Gasteiger partial charge in [-0.05, 0) is 40.0 Å². The smallest absolute Gasteiger partial charge is 0.314 e. The molecule has 0 bridgehead atoms. The molecule has 0 amide bonds. The van der Waals surface area contributed by atoms with Crippen molar-refractivity contribution in [1.82, 2.24) is 0 Å². The number of carbonyl (C=O) groups is 1. The molecule has 0 aliphatic rings. The Hall–Kier alpha value is -0.610. The minimum atomic E-state index is -1.12. The van der Waals surface area contributed by atoms with E-state index >= 15 is 0 Å². The summed E-state index contributed by atoms with van der Waals surface area (Å²) in [6.07, 6.45) is 0. The van der Waals surface area contributed by atoms with E-state index in [0.29, 0.717) is 0 Å². The minimum absolute atomic E-state index is 0.203. The highest BCUT2D eigenvalue weighted by atomic mass is 17.2. The highest BCUT2D eigenvalue weighted by molar-refractivity contribution is 5.77. The summed E-state index contributed by atoms with van der Waals surface area (Å²) in [5.74, 6) is -1.42. The van der Waals surface area contributed by atoms with Gasteiger partial charge in [0.2, 0.25) is 5.79 Å². The molecule has 0 rings (SSSR count). The van der Waals surface area contributed by atoms with Gasteiger partial charge in [0.05, 0.1) is 11.0 Å². The normalized spacial score (nSPS) is 14.4. The highest BCUT2D eigenvalue weighted by Gasteiger charge is 2.44. The Balaban J connectivity index is 4.72. The summed E-state index contributed by atoms with van der Waals surface area (Å²) in [5.41, 5.74) is -1.27. The Labute approximate surface area is 117 Å². The van der Waals surface area contributed by atoms with Gasteiger partial charge in [-0.15, -0.1) is 0 Å². The molecule has 0 atom stereocenters. The first-order valence-electron chi connectivity index (χ1n) is 6.69. The first kappa shape index (κ1) is 18.4. The van der Waals surface area contributed by atoms with E-state index in [0.717, 1.165) is 0 Å². The van der Waals surface area contributed by atoms with E-state index in [-0.39, 0.29) is 11.4 Å². The molecule has 0 aromatic carbocycles. The van der Waals surface area contributed by atoms with Crippen LogP contribution in [0.4, 0.5) is 0 Å². The molecule has 0 unspecified atom stereocenters. The molecule has 0 heterocycles. The van der Waals surface area contributed by atoms with Gasteiger partial charge in [-0.25, -0.2) is 4.89 Å². The first-order valence-corrected chi connectivity index (χ1v) is 6.69. The predicted molar refractivity (Wildman–Crippen MR) is 75.3 cm³/mol. The van der Waals surface area contributed by atoms with Crippen molar-refractivity contribution in [2.45, 2.75) is 80.6 Å². The second kappa shape index (κ2) is 5.41. The van der Waals surface area contributed by atoms with Gasteiger partial charge >= 0.3 is 5.97 Å². The molecule has 0 radical (unpaired) electrons. The lowest BCUT2D eigenvalue weighted by Crippen LogP contribution is -2.44. The van der Waals surface area contributed by atoms with E-state index in [2.05, 4.69) is 0 Å². The fraction of sp³-hybridized carbons (Fsp3) is 0.933. The van der Waals surface area contributed by atoms with E-state index in [1.54, 1.807) is 13.8 Å². The molecule has 114 valence electrons. The van der Waals surface area contributed by atoms with Crippen LogP contribution in [-0.2, 0) is 19.3 Å². The maximum absolute atomic E-state index is 12.3. The summed E-state index contributed by atoms with van der Waals surface area (Å²) >= 11 is 0. The van der Waals surface area contributed by atoms with Crippen molar-refractivity contribution in [3.8, 4) is 0 Å².